The van der Waals surface area contributed by atoms with Crippen molar-refractivity contribution in [2.24, 2.45) is 0 Å². The summed E-state index contributed by atoms with van der Waals surface area (Å²) >= 11 is 11.9. The molecule has 0 aliphatic heterocycles. The van der Waals surface area contributed by atoms with Crippen LogP contribution in [0.3, 0.4) is 0 Å². The van der Waals surface area contributed by atoms with Crippen molar-refractivity contribution in [1.29, 1.82) is 0 Å². The second-order valence-corrected chi connectivity index (χ2v) is 5.63. The van der Waals surface area contributed by atoms with Gasteiger partial charge in [-0.25, -0.2) is 9.37 Å². The zero-order valence-corrected chi connectivity index (χ0v) is 12.7. The number of aromatic nitrogens is 2. The molecule has 0 bridgehead atoms. The highest BCUT2D eigenvalue weighted by atomic mass is 35.5. The average Bonchev–Trinajstić information content (AvgIpc) is 2.76. The van der Waals surface area contributed by atoms with Gasteiger partial charge in [-0.1, -0.05) is 23.7 Å². The van der Waals surface area contributed by atoms with Gasteiger partial charge in [0.25, 0.3) is 0 Å². The molecule has 2 nitrogen and oxygen atoms in total. The molecular weight excluding hydrogens is 310 g/mol. The van der Waals surface area contributed by atoms with Gasteiger partial charge < -0.3 is 4.57 Å². The summed E-state index contributed by atoms with van der Waals surface area (Å²) < 4.78 is 15.4. The number of benzene rings is 2. The van der Waals surface area contributed by atoms with E-state index in [2.05, 4.69) is 9.55 Å². The van der Waals surface area contributed by atoms with Gasteiger partial charge in [-0.3, -0.25) is 0 Å². The zero-order valence-electron chi connectivity index (χ0n) is 11.2. The SMILES string of the molecule is Fc1cccc(Cn2c(CCCl)nc3cc(Cl)ccc32)c1. The number of nitrogens with zero attached hydrogens (tertiary/aromatic N) is 2. The fourth-order valence-corrected chi connectivity index (χ4v) is 2.76. The Hall–Kier alpha value is -1.58. The minimum absolute atomic E-state index is 0.237. The van der Waals surface area contributed by atoms with Gasteiger partial charge in [0.05, 0.1) is 11.0 Å². The number of rotatable bonds is 4. The molecular formula is C16H13Cl2FN2. The number of imidazole rings is 1. The van der Waals surface area contributed by atoms with E-state index in [1.807, 2.05) is 24.3 Å². The maximum absolute atomic E-state index is 13.3. The Balaban J connectivity index is 2.08. The van der Waals surface area contributed by atoms with E-state index in [9.17, 15) is 4.39 Å². The molecule has 1 heterocycles. The third kappa shape index (κ3) is 3.04. The average molecular weight is 323 g/mol. The summed E-state index contributed by atoms with van der Waals surface area (Å²) in [6.45, 7) is 0.558. The van der Waals surface area contributed by atoms with Gasteiger partial charge in [0.1, 0.15) is 11.6 Å². The van der Waals surface area contributed by atoms with Crippen LogP contribution in [-0.4, -0.2) is 15.4 Å². The first-order valence-corrected chi connectivity index (χ1v) is 7.53. The summed E-state index contributed by atoms with van der Waals surface area (Å²) in [5.74, 6) is 1.13. The van der Waals surface area contributed by atoms with Gasteiger partial charge in [0, 0.05) is 23.9 Å². The Kier molecular flexibility index (Phi) is 4.13. The highest BCUT2D eigenvalue weighted by Crippen LogP contribution is 2.22. The van der Waals surface area contributed by atoms with Crippen LogP contribution < -0.4 is 0 Å². The minimum atomic E-state index is -0.237. The lowest BCUT2D eigenvalue weighted by molar-refractivity contribution is 0.623. The predicted octanol–water partition coefficient (Wildman–Crippen LogP) is 4.66. The van der Waals surface area contributed by atoms with Crippen molar-refractivity contribution in [2.45, 2.75) is 13.0 Å². The van der Waals surface area contributed by atoms with Crippen LogP contribution in [0.1, 0.15) is 11.4 Å². The molecule has 21 heavy (non-hydrogen) atoms. The summed E-state index contributed by atoms with van der Waals surface area (Å²) in [5.41, 5.74) is 2.70. The molecule has 0 aliphatic carbocycles. The van der Waals surface area contributed by atoms with Crippen molar-refractivity contribution < 1.29 is 4.39 Å². The number of hydrogen-bond acceptors (Lipinski definition) is 1. The van der Waals surface area contributed by atoms with Crippen molar-refractivity contribution in [1.82, 2.24) is 9.55 Å². The van der Waals surface area contributed by atoms with Crippen LogP contribution in [0.25, 0.3) is 11.0 Å². The van der Waals surface area contributed by atoms with E-state index >= 15 is 0 Å². The third-order valence-corrected chi connectivity index (χ3v) is 3.76. The van der Waals surface area contributed by atoms with Crippen LogP contribution in [-0.2, 0) is 13.0 Å². The standard InChI is InChI=1S/C16H13Cl2FN2/c17-7-6-16-20-14-9-12(18)4-5-15(14)21(16)10-11-2-1-3-13(19)8-11/h1-5,8-9H,6-7,10H2. The summed E-state index contributed by atoms with van der Waals surface area (Å²) in [6.07, 6.45) is 0.656. The second-order valence-electron chi connectivity index (χ2n) is 4.82. The van der Waals surface area contributed by atoms with Gasteiger partial charge in [-0.05, 0) is 35.9 Å². The molecule has 0 spiro atoms. The van der Waals surface area contributed by atoms with Gasteiger partial charge in [0.15, 0.2) is 0 Å². The molecule has 3 rings (SSSR count). The number of alkyl halides is 1. The van der Waals surface area contributed by atoms with E-state index in [1.165, 1.54) is 12.1 Å². The van der Waals surface area contributed by atoms with E-state index < -0.39 is 0 Å². The fraction of sp³-hybridized carbons (Fsp3) is 0.188. The first-order chi connectivity index (χ1) is 10.2. The van der Waals surface area contributed by atoms with Crippen molar-refractivity contribution in [3.05, 3.63) is 64.7 Å². The Labute approximate surface area is 132 Å². The Morgan fingerprint density at radius 2 is 2.00 bits per heavy atom. The van der Waals surface area contributed by atoms with Crippen LogP contribution in [0.5, 0.6) is 0 Å². The molecule has 0 amide bonds. The minimum Gasteiger partial charge on any atom is -0.323 e. The van der Waals surface area contributed by atoms with Crippen LogP contribution in [0.4, 0.5) is 4.39 Å². The molecule has 0 radical (unpaired) electrons. The van der Waals surface area contributed by atoms with Gasteiger partial charge in [0.2, 0.25) is 0 Å². The maximum atomic E-state index is 13.3. The number of aryl methyl sites for hydroxylation is 1. The van der Waals surface area contributed by atoms with E-state index in [4.69, 9.17) is 23.2 Å². The quantitative estimate of drug-likeness (QED) is 0.639. The Morgan fingerprint density at radius 1 is 1.14 bits per heavy atom. The van der Waals surface area contributed by atoms with E-state index in [0.29, 0.717) is 23.9 Å². The van der Waals surface area contributed by atoms with Gasteiger partial charge in [-0.15, -0.1) is 11.6 Å². The number of halogens is 3. The molecule has 0 fully saturated rings. The molecule has 0 atom stereocenters. The van der Waals surface area contributed by atoms with Gasteiger partial charge >= 0.3 is 0 Å². The van der Waals surface area contributed by atoms with Crippen molar-refractivity contribution >= 4 is 34.2 Å². The summed E-state index contributed by atoms with van der Waals surface area (Å²) in [4.78, 5) is 4.58. The highest BCUT2D eigenvalue weighted by molar-refractivity contribution is 6.31. The summed E-state index contributed by atoms with van der Waals surface area (Å²) in [7, 11) is 0. The first-order valence-electron chi connectivity index (χ1n) is 6.62. The second kappa shape index (κ2) is 6.04. The first kappa shape index (κ1) is 14.4. The van der Waals surface area contributed by atoms with Crippen LogP contribution in [0.15, 0.2) is 42.5 Å². The lowest BCUT2D eigenvalue weighted by Gasteiger charge is -2.09. The van der Waals surface area contributed by atoms with Crippen molar-refractivity contribution in [3.63, 3.8) is 0 Å². The lowest BCUT2D eigenvalue weighted by Crippen LogP contribution is -2.06. The number of hydrogen-bond donors (Lipinski definition) is 0. The maximum Gasteiger partial charge on any atom is 0.123 e. The normalized spacial score (nSPS) is 11.2. The van der Waals surface area contributed by atoms with Crippen molar-refractivity contribution in [2.75, 3.05) is 5.88 Å². The van der Waals surface area contributed by atoms with E-state index in [-0.39, 0.29) is 5.82 Å². The van der Waals surface area contributed by atoms with E-state index in [0.717, 1.165) is 22.4 Å². The monoisotopic (exact) mass is 322 g/mol. The topological polar surface area (TPSA) is 17.8 Å². The molecule has 0 N–H and O–H groups in total. The molecule has 108 valence electrons. The molecule has 0 aliphatic rings. The number of fused-ring (bicyclic) bond motifs is 1. The molecule has 3 aromatic rings. The fourth-order valence-electron chi connectivity index (χ4n) is 2.42. The van der Waals surface area contributed by atoms with Crippen LogP contribution in [0, 0.1) is 5.82 Å². The zero-order chi connectivity index (χ0) is 14.8. The molecule has 0 saturated carbocycles. The molecule has 2 aromatic carbocycles. The predicted molar refractivity (Wildman–Crippen MR) is 84.7 cm³/mol. The molecule has 0 unspecified atom stereocenters. The molecule has 0 saturated heterocycles. The Morgan fingerprint density at radius 3 is 2.76 bits per heavy atom. The Bertz CT molecular complexity index is 783. The van der Waals surface area contributed by atoms with Crippen LogP contribution >= 0.6 is 23.2 Å². The summed E-state index contributed by atoms with van der Waals surface area (Å²) in [6, 6.07) is 12.2. The molecule has 5 heteroatoms. The summed E-state index contributed by atoms with van der Waals surface area (Å²) in [5, 5.41) is 0.648. The van der Waals surface area contributed by atoms with Crippen LogP contribution in [0.2, 0.25) is 5.02 Å². The highest BCUT2D eigenvalue weighted by Gasteiger charge is 2.11. The van der Waals surface area contributed by atoms with E-state index in [1.54, 1.807) is 6.07 Å². The van der Waals surface area contributed by atoms with Gasteiger partial charge in [-0.2, -0.15) is 0 Å². The lowest BCUT2D eigenvalue weighted by atomic mass is 10.2. The molecule has 1 aromatic heterocycles. The smallest absolute Gasteiger partial charge is 0.123 e. The van der Waals surface area contributed by atoms with Crippen molar-refractivity contribution in [3.8, 4) is 0 Å². The largest absolute Gasteiger partial charge is 0.323 e. The third-order valence-electron chi connectivity index (χ3n) is 3.34.